The van der Waals surface area contributed by atoms with E-state index in [9.17, 15) is 31.7 Å². The zero-order valence-corrected chi connectivity index (χ0v) is 10.6. The first kappa shape index (κ1) is 16.0. The molecule has 0 bridgehead atoms. The molecule has 0 unspecified atom stereocenters. The van der Waals surface area contributed by atoms with Crippen LogP contribution in [0.15, 0.2) is 17.0 Å². The van der Waals surface area contributed by atoms with E-state index in [2.05, 4.69) is 4.74 Å². The molecule has 12 heteroatoms. The predicted molar refractivity (Wildman–Crippen MR) is 57.5 cm³/mol. The second kappa shape index (κ2) is 5.14. The van der Waals surface area contributed by atoms with Gasteiger partial charge in [0.05, 0.1) is 4.92 Å². The average Bonchev–Trinajstić information content (AvgIpc) is 2.23. The highest BCUT2D eigenvalue weighted by Crippen LogP contribution is 2.38. The van der Waals surface area contributed by atoms with Crippen molar-refractivity contribution in [2.45, 2.75) is 11.3 Å². The van der Waals surface area contributed by atoms with E-state index in [1.165, 1.54) is 0 Å². The first-order valence-electron chi connectivity index (χ1n) is 4.39. The zero-order valence-electron chi connectivity index (χ0n) is 9.01. The number of hydrogen-bond acceptors (Lipinski definition) is 6. The van der Waals surface area contributed by atoms with E-state index in [-0.39, 0.29) is 0 Å². The first-order valence-corrected chi connectivity index (χ1v) is 6.70. The lowest BCUT2D eigenvalue weighted by molar-refractivity contribution is -0.385. The van der Waals surface area contributed by atoms with Crippen LogP contribution in [0, 0.1) is 21.4 Å². The lowest BCUT2D eigenvalue weighted by Crippen LogP contribution is -2.19. The lowest BCUT2D eigenvalue weighted by Gasteiger charge is -2.12. The van der Waals surface area contributed by atoms with Crippen molar-refractivity contribution in [3.8, 4) is 11.8 Å². The van der Waals surface area contributed by atoms with Gasteiger partial charge >= 0.3 is 6.36 Å². The molecule has 0 atom stereocenters. The summed E-state index contributed by atoms with van der Waals surface area (Å²) in [6, 6.07) is 2.02. The molecule has 0 fully saturated rings. The Morgan fingerprint density at radius 1 is 1.40 bits per heavy atom. The summed E-state index contributed by atoms with van der Waals surface area (Å²) in [5, 5.41) is 19.3. The molecule has 1 aromatic rings. The fraction of sp³-hybridized carbons (Fsp3) is 0.125. The van der Waals surface area contributed by atoms with Gasteiger partial charge in [0.25, 0.3) is 14.7 Å². The molecule has 108 valence electrons. The SMILES string of the molecule is N#Cc1c([N+](=O)[O-])ccc(OC(F)(F)F)c1S(=O)(=O)Cl. The highest BCUT2D eigenvalue weighted by molar-refractivity contribution is 8.13. The third kappa shape index (κ3) is 3.49. The first-order chi connectivity index (χ1) is 8.97. The van der Waals surface area contributed by atoms with Crippen molar-refractivity contribution in [3.05, 3.63) is 27.8 Å². The number of rotatable bonds is 3. The molecule has 0 aliphatic heterocycles. The van der Waals surface area contributed by atoms with Gasteiger partial charge in [-0.3, -0.25) is 10.1 Å². The summed E-state index contributed by atoms with van der Waals surface area (Å²) in [5.41, 5.74) is -2.16. The van der Waals surface area contributed by atoms with E-state index in [1.807, 2.05) is 0 Å². The monoisotopic (exact) mass is 330 g/mol. The number of nitriles is 1. The van der Waals surface area contributed by atoms with Gasteiger partial charge in [0.2, 0.25) is 0 Å². The molecule has 0 aliphatic carbocycles. The van der Waals surface area contributed by atoms with Crippen LogP contribution in [0.1, 0.15) is 5.56 Å². The van der Waals surface area contributed by atoms with E-state index in [1.54, 1.807) is 0 Å². The quantitative estimate of drug-likeness (QED) is 0.477. The smallest absolute Gasteiger partial charge is 0.404 e. The number of hydrogen-bond donors (Lipinski definition) is 0. The summed E-state index contributed by atoms with van der Waals surface area (Å²) >= 11 is 0. The lowest BCUT2D eigenvalue weighted by atomic mass is 10.2. The van der Waals surface area contributed by atoms with E-state index in [0.717, 1.165) is 6.07 Å². The Morgan fingerprint density at radius 2 is 1.95 bits per heavy atom. The molecule has 20 heavy (non-hydrogen) atoms. The van der Waals surface area contributed by atoms with Crippen LogP contribution < -0.4 is 4.74 Å². The van der Waals surface area contributed by atoms with Crippen LogP contribution in [-0.4, -0.2) is 19.7 Å². The molecule has 0 N–H and O–H groups in total. The number of nitro groups is 1. The van der Waals surface area contributed by atoms with Crippen LogP contribution in [0.5, 0.6) is 5.75 Å². The van der Waals surface area contributed by atoms with Crippen molar-refractivity contribution in [2.75, 3.05) is 0 Å². The van der Waals surface area contributed by atoms with Crippen molar-refractivity contribution in [1.29, 1.82) is 5.26 Å². The van der Waals surface area contributed by atoms with Crippen molar-refractivity contribution >= 4 is 25.4 Å². The molecule has 0 heterocycles. The van der Waals surface area contributed by atoms with Gasteiger partial charge in [0.1, 0.15) is 11.0 Å². The molecular weight excluding hydrogens is 329 g/mol. The second-order valence-corrected chi connectivity index (χ2v) is 5.64. The maximum absolute atomic E-state index is 12.1. The highest BCUT2D eigenvalue weighted by Gasteiger charge is 2.37. The Morgan fingerprint density at radius 3 is 2.30 bits per heavy atom. The largest absolute Gasteiger partial charge is 0.573 e. The Bertz CT molecular complexity index is 710. The number of halogens is 4. The summed E-state index contributed by atoms with van der Waals surface area (Å²) in [6.07, 6.45) is -5.26. The van der Waals surface area contributed by atoms with E-state index in [4.69, 9.17) is 15.9 Å². The average molecular weight is 331 g/mol. The van der Waals surface area contributed by atoms with Crippen molar-refractivity contribution in [1.82, 2.24) is 0 Å². The van der Waals surface area contributed by atoms with Crippen LogP contribution in [0.3, 0.4) is 0 Å². The van der Waals surface area contributed by atoms with Gasteiger partial charge in [0.15, 0.2) is 11.3 Å². The van der Waals surface area contributed by atoms with Crippen LogP contribution in [-0.2, 0) is 9.05 Å². The maximum Gasteiger partial charge on any atom is 0.573 e. The van der Waals surface area contributed by atoms with Gasteiger partial charge in [0, 0.05) is 16.7 Å². The van der Waals surface area contributed by atoms with Gasteiger partial charge < -0.3 is 4.74 Å². The second-order valence-electron chi connectivity index (χ2n) is 3.14. The van der Waals surface area contributed by atoms with Crippen LogP contribution >= 0.6 is 10.7 Å². The van der Waals surface area contributed by atoms with Gasteiger partial charge in [-0.25, -0.2) is 8.42 Å². The molecule has 0 amide bonds. The topological polar surface area (TPSA) is 110 Å². The zero-order chi connectivity index (χ0) is 15.7. The number of ether oxygens (including phenoxy) is 1. The standard InChI is InChI=1S/C8H2ClF3N2O5S/c9-20(17,18)7-4(3-13)5(14(15)16)1-2-6(7)19-8(10,11)12/h1-2H. The fourth-order valence-corrected chi connectivity index (χ4v) is 2.46. The number of benzene rings is 1. The number of alkyl halides is 3. The minimum absolute atomic E-state index is 0.391. The van der Waals surface area contributed by atoms with Crippen LogP contribution in [0.4, 0.5) is 18.9 Å². The Labute approximate surface area is 113 Å². The van der Waals surface area contributed by atoms with E-state index < -0.39 is 42.2 Å². The Balaban J connectivity index is 3.74. The minimum atomic E-state index is -5.26. The summed E-state index contributed by atoms with van der Waals surface area (Å²) in [7, 11) is 0.0199. The minimum Gasteiger partial charge on any atom is -0.404 e. The molecule has 0 saturated heterocycles. The normalized spacial score (nSPS) is 11.8. The summed E-state index contributed by atoms with van der Waals surface area (Å²) < 4.78 is 62.3. The molecule has 0 aromatic heterocycles. The molecular formula is C8H2ClF3N2O5S. The molecule has 0 saturated carbocycles. The van der Waals surface area contributed by atoms with Crippen LogP contribution in [0.2, 0.25) is 0 Å². The van der Waals surface area contributed by atoms with Crippen molar-refractivity contribution in [3.63, 3.8) is 0 Å². The van der Waals surface area contributed by atoms with Crippen molar-refractivity contribution < 1.29 is 31.2 Å². The van der Waals surface area contributed by atoms with Gasteiger partial charge in [-0.1, -0.05) is 0 Å². The predicted octanol–water partition coefficient (Wildman–Crippen LogP) is 2.29. The third-order valence-corrected chi connectivity index (χ3v) is 3.23. The Kier molecular flexibility index (Phi) is 4.11. The number of nitrogens with zero attached hydrogens (tertiary/aromatic N) is 2. The summed E-state index contributed by atoms with van der Waals surface area (Å²) in [6.45, 7) is 0. The van der Waals surface area contributed by atoms with Gasteiger partial charge in [-0.05, 0) is 6.07 Å². The summed E-state index contributed by atoms with van der Waals surface area (Å²) in [5.74, 6) is -1.32. The Hall–Kier alpha value is -2.06. The highest BCUT2D eigenvalue weighted by atomic mass is 35.7. The van der Waals surface area contributed by atoms with E-state index >= 15 is 0 Å². The van der Waals surface area contributed by atoms with E-state index in [0.29, 0.717) is 12.1 Å². The third-order valence-electron chi connectivity index (χ3n) is 1.88. The fourth-order valence-electron chi connectivity index (χ4n) is 1.26. The van der Waals surface area contributed by atoms with Crippen LogP contribution in [0.25, 0.3) is 0 Å². The summed E-state index contributed by atoms with van der Waals surface area (Å²) in [4.78, 5) is 8.06. The van der Waals surface area contributed by atoms with Crippen molar-refractivity contribution in [2.24, 2.45) is 0 Å². The molecule has 0 aliphatic rings. The van der Waals surface area contributed by atoms with Gasteiger partial charge in [-0.2, -0.15) is 5.26 Å². The molecule has 1 aromatic carbocycles. The number of nitro benzene ring substituents is 1. The molecule has 0 radical (unpaired) electrons. The van der Waals surface area contributed by atoms with Gasteiger partial charge in [-0.15, -0.1) is 13.2 Å². The molecule has 0 spiro atoms. The molecule has 7 nitrogen and oxygen atoms in total. The maximum atomic E-state index is 12.1. The molecule has 1 rings (SSSR count).